The number of anilines is 1. The Morgan fingerprint density at radius 2 is 1.92 bits per heavy atom. The van der Waals surface area contributed by atoms with E-state index in [2.05, 4.69) is 10.2 Å². The number of rotatable bonds is 8. The molecule has 1 aromatic rings. The van der Waals surface area contributed by atoms with E-state index in [0.29, 0.717) is 32.7 Å². The molecule has 0 spiro atoms. The summed E-state index contributed by atoms with van der Waals surface area (Å²) in [7, 11) is -3.71. The van der Waals surface area contributed by atoms with Crippen LogP contribution in [0.3, 0.4) is 0 Å². The summed E-state index contributed by atoms with van der Waals surface area (Å²) in [6.07, 6.45) is 1.34. The van der Waals surface area contributed by atoms with Crippen LogP contribution in [0.2, 0.25) is 0 Å². The summed E-state index contributed by atoms with van der Waals surface area (Å²) in [6.45, 7) is 5.84. The molecule has 26 heavy (non-hydrogen) atoms. The van der Waals surface area contributed by atoms with Gasteiger partial charge in [-0.25, -0.2) is 12.8 Å². The summed E-state index contributed by atoms with van der Waals surface area (Å²) in [5.74, 6) is -0.833. The van der Waals surface area contributed by atoms with Crippen molar-refractivity contribution in [3.8, 4) is 0 Å². The zero-order chi connectivity index (χ0) is 19.2. The molecule has 0 radical (unpaired) electrons. The van der Waals surface area contributed by atoms with E-state index in [0.717, 1.165) is 23.7 Å². The highest BCUT2D eigenvalue weighted by Crippen LogP contribution is 2.22. The molecule has 1 saturated heterocycles. The normalized spacial score (nSPS) is 16.9. The summed E-state index contributed by atoms with van der Waals surface area (Å²) < 4.78 is 44.0. The Morgan fingerprint density at radius 3 is 2.46 bits per heavy atom. The number of morpholine rings is 1. The maximum Gasteiger partial charge on any atom is 0.243 e. The highest BCUT2D eigenvalue weighted by Gasteiger charge is 2.31. The molecule has 0 aliphatic carbocycles. The van der Waals surface area contributed by atoms with Crippen LogP contribution in [0.5, 0.6) is 0 Å². The number of carbonyl (C=O) groups is 1. The standard InChI is InChI=1S/C17H26FN3O4S/c1-3-16(17(22)19-8-9-20-10-12-25-13-11-20)21(26(2,23)24)15-6-4-14(18)5-7-15/h4-7,16H,3,8-13H2,1-2H3,(H,19,22)/t16-/m1/s1. The Bertz CT molecular complexity index is 690. The largest absolute Gasteiger partial charge is 0.379 e. The topological polar surface area (TPSA) is 79.0 Å². The molecule has 146 valence electrons. The molecule has 1 aromatic carbocycles. The number of carbonyl (C=O) groups excluding carboxylic acids is 1. The maximum absolute atomic E-state index is 13.2. The Labute approximate surface area is 154 Å². The molecular formula is C17H26FN3O4S. The SMILES string of the molecule is CC[C@H](C(=O)NCCN1CCOCC1)N(c1ccc(F)cc1)S(C)(=O)=O. The fourth-order valence-electron chi connectivity index (χ4n) is 2.93. The summed E-state index contributed by atoms with van der Waals surface area (Å²) in [6, 6.07) is 4.19. The molecule has 1 aliphatic rings. The first-order chi connectivity index (χ1) is 12.3. The third-order valence-corrected chi connectivity index (χ3v) is 5.42. The first-order valence-electron chi connectivity index (χ1n) is 8.65. The van der Waals surface area contributed by atoms with Gasteiger partial charge in [-0.1, -0.05) is 6.92 Å². The number of hydrogen-bond donors (Lipinski definition) is 1. The van der Waals surface area contributed by atoms with Crippen molar-refractivity contribution >= 4 is 21.6 Å². The van der Waals surface area contributed by atoms with Crippen molar-refractivity contribution < 1.29 is 22.3 Å². The number of halogens is 1. The molecule has 0 aromatic heterocycles. The van der Waals surface area contributed by atoms with Crippen LogP contribution in [0.25, 0.3) is 0 Å². The van der Waals surface area contributed by atoms with Gasteiger partial charge in [-0.3, -0.25) is 14.0 Å². The second-order valence-electron chi connectivity index (χ2n) is 6.20. The quantitative estimate of drug-likeness (QED) is 0.715. The number of hydrogen-bond acceptors (Lipinski definition) is 5. The van der Waals surface area contributed by atoms with Crippen molar-refractivity contribution in [2.75, 3.05) is 50.0 Å². The number of ether oxygens (including phenoxy) is 1. The lowest BCUT2D eigenvalue weighted by Crippen LogP contribution is -2.50. The van der Waals surface area contributed by atoms with Gasteiger partial charge in [0.05, 0.1) is 25.2 Å². The van der Waals surface area contributed by atoms with E-state index in [9.17, 15) is 17.6 Å². The molecule has 7 nitrogen and oxygen atoms in total. The van der Waals surface area contributed by atoms with Crippen LogP contribution in [0.15, 0.2) is 24.3 Å². The second kappa shape index (κ2) is 9.29. The smallest absolute Gasteiger partial charge is 0.243 e. The lowest BCUT2D eigenvalue weighted by Gasteiger charge is -2.31. The molecule has 1 atom stereocenters. The number of nitrogens with zero attached hydrogens (tertiary/aromatic N) is 2. The number of amides is 1. The zero-order valence-electron chi connectivity index (χ0n) is 15.2. The molecular weight excluding hydrogens is 361 g/mol. The van der Waals surface area contributed by atoms with Crippen molar-refractivity contribution in [2.24, 2.45) is 0 Å². The third-order valence-electron chi connectivity index (χ3n) is 4.24. The zero-order valence-corrected chi connectivity index (χ0v) is 16.0. The molecule has 1 heterocycles. The molecule has 2 rings (SSSR count). The van der Waals surface area contributed by atoms with E-state index in [1.54, 1.807) is 6.92 Å². The number of sulfonamides is 1. The average molecular weight is 387 g/mol. The predicted octanol–water partition coefficient (Wildman–Crippen LogP) is 0.819. The summed E-state index contributed by atoms with van der Waals surface area (Å²) in [4.78, 5) is 14.8. The van der Waals surface area contributed by atoms with E-state index in [1.165, 1.54) is 24.3 Å². The Kier molecular flexibility index (Phi) is 7.36. The van der Waals surface area contributed by atoms with Crippen molar-refractivity contribution in [1.29, 1.82) is 0 Å². The van der Waals surface area contributed by atoms with Crippen LogP contribution in [-0.2, 0) is 19.6 Å². The third kappa shape index (κ3) is 5.65. The van der Waals surface area contributed by atoms with Gasteiger partial charge in [0.2, 0.25) is 15.9 Å². The molecule has 1 amide bonds. The van der Waals surface area contributed by atoms with Gasteiger partial charge in [0, 0.05) is 26.2 Å². The van der Waals surface area contributed by atoms with E-state index < -0.39 is 21.9 Å². The maximum atomic E-state index is 13.2. The first kappa shape index (κ1) is 20.6. The lowest BCUT2D eigenvalue weighted by molar-refractivity contribution is -0.122. The average Bonchev–Trinajstić information content (AvgIpc) is 2.60. The highest BCUT2D eigenvalue weighted by atomic mass is 32.2. The van der Waals surface area contributed by atoms with Gasteiger partial charge in [-0.15, -0.1) is 0 Å². The van der Waals surface area contributed by atoms with E-state index in [1.807, 2.05) is 0 Å². The fraction of sp³-hybridized carbons (Fsp3) is 0.588. The monoisotopic (exact) mass is 387 g/mol. The minimum Gasteiger partial charge on any atom is -0.379 e. The minimum absolute atomic E-state index is 0.268. The van der Waals surface area contributed by atoms with Gasteiger partial charge in [-0.2, -0.15) is 0 Å². The summed E-state index contributed by atoms with van der Waals surface area (Å²) in [5.41, 5.74) is 0.268. The van der Waals surface area contributed by atoms with Gasteiger partial charge in [-0.05, 0) is 30.7 Å². The van der Waals surface area contributed by atoms with Crippen LogP contribution < -0.4 is 9.62 Å². The Balaban J connectivity index is 2.06. The Morgan fingerprint density at radius 1 is 1.31 bits per heavy atom. The van der Waals surface area contributed by atoms with Gasteiger partial charge >= 0.3 is 0 Å². The van der Waals surface area contributed by atoms with E-state index in [4.69, 9.17) is 4.74 Å². The second-order valence-corrected chi connectivity index (χ2v) is 8.06. The van der Waals surface area contributed by atoms with Crippen molar-refractivity contribution in [3.05, 3.63) is 30.1 Å². The molecule has 1 aliphatic heterocycles. The van der Waals surface area contributed by atoms with Gasteiger partial charge in [0.15, 0.2) is 0 Å². The summed E-state index contributed by atoms with van der Waals surface area (Å²) >= 11 is 0. The molecule has 0 unspecified atom stereocenters. The van der Waals surface area contributed by atoms with Crippen LogP contribution in [0.1, 0.15) is 13.3 Å². The van der Waals surface area contributed by atoms with Crippen LogP contribution >= 0.6 is 0 Å². The van der Waals surface area contributed by atoms with E-state index in [-0.39, 0.29) is 11.6 Å². The molecule has 9 heteroatoms. The minimum atomic E-state index is -3.71. The highest BCUT2D eigenvalue weighted by molar-refractivity contribution is 7.92. The van der Waals surface area contributed by atoms with Gasteiger partial charge < -0.3 is 10.1 Å². The lowest BCUT2D eigenvalue weighted by atomic mass is 10.2. The van der Waals surface area contributed by atoms with Crippen LogP contribution in [0, 0.1) is 5.82 Å². The van der Waals surface area contributed by atoms with Gasteiger partial charge in [0.1, 0.15) is 11.9 Å². The van der Waals surface area contributed by atoms with Crippen molar-refractivity contribution in [1.82, 2.24) is 10.2 Å². The number of nitrogens with one attached hydrogen (secondary N) is 1. The predicted molar refractivity (Wildman–Crippen MR) is 98.1 cm³/mol. The van der Waals surface area contributed by atoms with Gasteiger partial charge in [0.25, 0.3) is 0 Å². The van der Waals surface area contributed by atoms with Crippen molar-refractivity contribution in [3.63, 3.8) is 0 Å². The Hall–Kier alpha value is -1.71. The molecule has 1 N–H and O–H groups in total. The summed E-state index contributed by atoms with van der Waals surface area (Å²) in [5, 5.41) is 2.81. The first-order valence-corrected chi connectivity index (χ1v) is 10.5. The molecule has 0 saturated carbocycles. The molecule has 1 fully saturated rings. The molecule has 0 bridgehead atoms. The number of benzene rings is 1. The van der Waals surface area contributed by atoms with Crippen LogP contribution in [0.4, 0.5) is 10.1 Å². The van der Waals surface area contributed by atoms with Crippen molar-refractivity contribution in [2.45, 2.75) is 19.4 Å². The van der Waals surface area contributed by atoms with E-state index >= 15 is 0 Å². The van der Waals surface area contributed by atoms with Crippen LogP contribution in [-0.4, -0.2) is 70.9 Å². The fourth-order valence-corrected chi connectivity index (χ4v) is 4.14.